The van der Waals surface area contributed by atoms with E-state index in [0.717, 1.165) is 28.8 Å². The van der Waals surface area contributed by atoms with Crippen LogP contribution in [0.25, 0.3) is 0 Å². The SMILES string of the molecule is Cc1cc(C(C)NCC[N+](C)(C)C)ccc1N=Nc1ccc([N+](=O)[O-])cc1Cl. The third-order valence-electron chi connectivity index (χ3n) is 4.36. The zero-order valence-electron chi connectivity index (χ0n) is 16.9. The van der Waals surface area contributed by atoms with E-state index in [4.69, 9.17) is 11.6 Å². The van der Waals surface area contributed by atoms with Gasteiger partial charge in [-0.3, -0.25) is 10.1 Å². The Morgan fingerprint density at radius 1 is 1.14 bits per heavy atom. The Labute approximate surface area is 170 Å². The molecule has 0 aromatic heterocycles. The van der Waals surface area contributed by atoms with Crippen LogP contribution in [0.1, 0.15) is 24.1 Å². The first-order chi connectivity index (χ1) is 13.1. The molecule has 150 valence electrons. The van der Waals surface area contributed by atoms with Crippen molar-refractivity contribution in [1.82, 2.24) is 5.32 Å². The number of benzene rings is 2. The molecule has 0 spiro atoms. The average Bonchev–Trinajstić information content (AvgIpc) is 2.60. The Morgan fingerprint density at radius 2 is 1.79 bits per heavy atom. The predicted octanol–water partition coefficient (Wildman–Crippen LogP) is 5.33. The summed E-state index contributed by atoms with van der Waals surface area (Å²) < 4.78 is 0.920. The lowest BCUT2D eigenvalue weighted by Gasteiger charge is -2.25. The molecule has 7 nitrogen and oxygen atoms in total. The van der Waals surface area contributed by atoms with Crippen LogP contribution in [0.2, 0.25) is 5.02 Å². The van der Waals surface area contributed by atoms with Gasteiger partial charge in [0.15, 0.2) is 0 Å². The molecule has 8 heteroatoms. The summed E-state index contributed by atoms with van der Waals surface area (Å²) in [5.41, 5.74) is 3.24. The summed E-state index contributed by atoms with van der Waals surface area (Å²) in [5, 5.41) is 22.9. The molecule has 0 radical (unpaired) electrons. The molecule has 0 heterocycles. The van der Waals surface area contributed by atoms with E-state index in [2.05, 4.69) is 49.7 Å². The summed E-state index contributed by atoms with van der Waals surface area (Å²) in [6, 6.07) is 10.4. The first kappa shape index (κ1) is 21.9. The number of halogens is 1. The standard InChI is InChI=1S/C20H27ClN5O2/c1-14-12-16(15(2)22-10-11-26(3,4)5)6-8-19(14)23-24-20-9-7-17(25(27)28)13-18(20)21/h6-9,12-13,15,22H,10-11H2,1-5H3/q+1. The monoisotopic (exact) mass is 404 g/mol. The Balaban J connectivity index is 2.08. The Morgan fingerprint density at radius 3 is 2.36 bits per heavy atom. The van der Waals surface area contributed by atoms with Crippen LogP contribution < -0.4 is 5.32 Å². The molecule has 1 N–H and O–H groups in total. The van der Waals surface area contributed by atoms with Crippen molar-refractivity contribution in [1.29, 1.82) is 0 Å². The van der Waals surface area contributed by atoms with Gasteiger partial charge in [0.1, 0.15) is 5.69 Å². The number of aryl methyl sites for hydroxylation is 1. The van der Waals surface area contributed by atoms with Gasteiger partial charge in [0.05, 0.1) is 43.3 Å². The highest BCUT2D eigenvalue weighted by atomic mass is 35.5. The average molecular weight is 405 g/mol. The lowest BCUT2D eigenvalue weighted by Crippen LogP contribution is -2.40. The van der Waals surface area contributed by atoms with Crippen molar-refractivity contribution < 1.29 is 9.41 Å². The molecule has 0 aliphatic rings. The van der Waals surface area contributed by atoms with Crippen molar-refractivity contribution in [3.63, 3.8) is 0 Å². The van der Waals surface area contributed by atoms with Gasteiger partial charge in [-0.15, -0.1) is 5.11 Å². The quantitative estimate of drug-likeness (QED) is 0.279. The number of hydrogen-bond acceptors (Lipinski definition) is 5. The maximum atomic E-state index is 10.8. The van der Waals surface area contributed by atoms with Crippen molar-refractivity contribution in [2.45, 2.75) is 19.9 Å². The van der Waals surface area contributed by atoms with Gasteiger partial charge in [0.25, 0.3) is 5.69 Å². The van der Waals surface area contributed by atoms with E-state index >= 15 is 0 Å². The maximum Gasteiger partial charge on any atom is 0.271 e. The molecular weight excluding hydrogens is 378 g/mol. The van der Waals surface area contributed by atoms with E-state index in [0.29, 0.717) is 5.69 Å². The summed E-state index contributed by atoms with van der Waals surface area (Å²) in [6.45, 7) is 6.10. The van der Waals surface area contributed by atoms with Gasteiger partial charge >= 0.3 is 0 Å². The van der Waals surface area contributed by atoms with Crippen molar-refractivity contribution in [3.05, 3.63) is 62.7 Å². The molecule has 0 bridgehead atoms. The smallest absolute Gasteiger partial charge is 0.271 e. The second-order valence-electron chi connectivity index (χ2n) is 7.83. The molecule has 0 aliphatic carbocycles. The molecule has 1 atom stereocenters. The lowest BCUT2D eigenvalue weighted by atomic mass is 10.0. The Kier molecular flexibility index (Phi) is 7.23. The minimum Gasteiger partial charge on any atom is -0.330 e. The Hall–Kier alpha value is -2.35. The summed E-state index contributed by atoms with van der Waals surface area (Å²) in [6.07, 6.45) is 0. The maximum absolute atomic E-state index is 10.8. The van der Waals surface area contributed by atoms with Crippen LogP contribution >= 0.6 is 11.6 Å². The first-order valence-corrected chi connectivity index (χ1v) is 9.45. The van der Waals surface area contributed by atoms with Crippen molar-refractivity contribution in [3.8, 4) is 0 Å². The summed E-state index contributed by atoms with van der Waals surface area (Å²) in [5.74, 6) is 0. The highest BCUT2D eigenvalue weighted by Crippen LogP contribution is 2.31. The fraction of sp³-hybridized carbons (Fsp3) is 0.400. The molecule has 28 heavy (non-hydrogen) atoms. The van der Waals surface area contributed by atoms with Crippen LogP contribution in [0.3, 0.4) is 0 Å². The van der Waals surface area contributed by atoms with Crippen LogP contribution in [0, 0.1) is 17.0 Å². The van der Waals surface area contributed by atoms with Crippen molar-refractivity contribution in [2.24, 2.45) is 10.2 Å². The number of likely N-dealkylation sites (N-methyl/N-ethyl adjacent to an activating group) is 1. The van der Waals surface area contributed by atoms with Crippen molar-refractivity contribution >= 4 is 28.7 Å². The topological polar surface area (TPSA) is 79.9 Å². The molecule has 0 aliphatic heterocycles. The van der Waals surface area contributed by atoms with E-state index in [1.54, 1.807) is 0 Å². The molecule has 1 unspecified atom stereocenters. The highest BCUT2D eigenvalue weighted by Gasteiger charge is 2.11. The summed E-state index contributed by atoms with van der Waals surface area (Å²) >= 11 is 6.06. The molecule has 2 aromatic carbocycles. The van der Waals surface area contributed by atoms with E-state index in [1.165, 1.54) is 23.8 Å². The second kappa shape index (κ2) is 9.23. The molecule has 0 saturated carbocycles. The fourth-order valence-corrected chi connectivity index (χ4v) is 2.81. The van der Waals surface area contributed by atoms with Gasteiger partial charge in [0, 0.05) is 24.7 Å². The minimum atomic E-state index is -0.495. The number of rotatable bonds is 8. The molecule has 0 fully saturated rings. The Bertz CT molecular complexity index is 877. The van der Waals surface area contributed by atoms with E-state index < -0.39 is 4.92 Å². The van der Waals surface area contributed by atoms with Crippen LogP contribution in [0.15, 0.2) is 46.6 Å². The van der Waals surface area contributed by atoms with Gasteiger partial charge in [-0.05, 0) is 37.1 Å². The number of non-ortho nitro benzene ring substituents is 1. The fourth-order valence-electron chi connectivity index (χ4n) is 2.59. The number of nitro groups is 1. The van der Waals surface area contributed by atoms with Gasteiger partial charge in [0.2, 0.25) is 0 Å². The first-order valence-electron chi connectivity index (χ1n) is 9.07. The highest BCUT2D eigenvalue weighted by molar-refractivity contribution is 6.33. The second-order valence-corrected chi connectivity index (χ2v) is 8.24. The van der Waals surface area contributed by atoms with Crippen LogP contribution in [-0.4, -0.2) is 43.6 Å². The third-order valence-corrected chi connectivity index (χ3v) is 4.66. The molecule has 2 rings (SSSR count). The predicted molar refractivity (Wildman–Crippen MR) is 113 cm³/mol. The largest absolute Gasteiger partial charge is 0.330 e. The van der Waals surface area contributed by atoms with Crippen molar-refractivity contribution in [2.75, 3.05) is 34.2 Å². The zero-order valence-corrected chi connectivity index (χ0v) is 17.7. The van der Waals surface area contributed by atoms with Crippen LogP contribution in [0.5, 0.6) is 0 Å². The summed E-state index contributed by atoms with van der Waals surface area (Å²) in [7, 11) is 6.52. The van der Waals surface area contributed by atoms with Crippen LogP contribution in [-0.2, 0) is 0 Å². The lowest BCUT2D eigenvalue weighted by molar-refractivity contribution is -0.869. The number of quaternary nitrogens is 1. The van der Waals surface area contributed by atoms with Crippen LogP contribution in [0.4, 0.5) is 17.1 Å². The molecule has 0 amide bonds. The summed E-state index contributed by atoms with van der Waals surface area (Å²) in [4.78, 5) is 10.3. The number of azo groups is 1. The normalized spacial score (nSPS) is 13.1. The third kappa shape index (κ3) is 6.37. The van der Waals surface area contributed by atoms with Gasteiger partial charge < -0.3 is 9.80 Å². The van der Waals surface area contributed by atoms with Gasteiger partial charge in [-0.2, -0.15) is 5.11 Å². The van der Waals surface area contributed by atoms with Gasteiger partial charge in [-0.1, -0.05) is 23.7 Å². The molecule has 2 aromatic rings. The van der Waals surface area contributed by atoms with Gasteiger partial charge in [-0.25, -0.2) is 0 Å². The number of hydrogen-bond donors (Lipinski definition) is 1. The molecule has 0 saturated heterocycles. The number of nitrogens with zero attached hydrogens (tertiary/aromatic N) is 4. The number of nitro benzene ring substituents is 1. The number of nitrogens with one attached hydrogen (secondary N) is 1. The zero-order chi connectivity index (χ0) is 20.9. The van der Waals surface area contributed by atoms with E-state index in [1.807, 2.05) is 19.1 Å². The van der Waals surface area contributed by atoms with E-state index in [9.17, 15) is 10.1 Å². The molecular formula is C20H27ClN5O2+. The minimum absolute atomic E-state index is 0.0729. The van der Waals surface area contributed by atoms with E-state index in [-0.39, 0.29) is 16.8 Å².